The molecule has 5 nitrogen and oxygen atoms in total. The predicted octanol–water partition coefficient (Wildman–Crippen LogP) is 2.33. The lowest BCUT2D eigenvalue weighted by atomic mass is 10.2. The molecule has 0 saturated carbocycles. The molecular weight excluding hydrogens is 238 g/mol. The zero-order valence-corrected chi connectivity index (χ0v) is 10.5. The van der Waals surface area contributed by atoms with Gasteiger partial charge in [0.1, 0.15) is 0 Å². The molecule has 0 aliphatic carbocycles. The second-order valence-corrected chi connectivity index (χ2v) is 4.34. The van der Waals surface area contributed by atoms with Gasteiger partial charge in [-0.25, -0.2) is 4.98 Å². The number of nitrogens with zero attached hydrogens (tertiary/aromatic N) is 4. The first-order valence-corrected chi connectivity index (χ1v) is 6.32. The Morgan fingerprint density at radius 1 is 1.16 bits per heavy atom. The van der Waals surface area contributed by atoms with Gasteiger partial charge in [0.15, 0.2) is 0 Å². The molecule has 0 saturated heterocycles. The van der Waals surface area contributed by atoms with E-state index >= 15 is 0 Å². The van der Waals surface area contributed by atoms with Gasteiger partial charge < -0.3 is 9.88 Å². The Balaban J connectivity index is 1.62. The Hall–Kier alpha value is -2.43. The smallest absolute Gasteiger partial charge is 0.0964 e. The van der Waals surface area contributed by atoms with Crippen molar-refractivity contribution in [3.63, 3.8) is 0 Å². The average molecular weight is 253 g/mol. The van der Waals surface area contributed by atoms with Crippen LogP contribution in [0.3, 0.4) is 0 Å². The molecule has 0 bridgehead atoms. The molecule has 3 heterocycles. The number of aryl methyl sites for hydroxylation is 1. The first-order valence-electron chi connectivity index (χ1n) is 6.32. The maximum Gasteiger partial charge on any atom is 0.0964 e. The number of pyridine rings is 2. The van der Waals surface area contributed by atoms with Crippen molar-refractivity contribution >= 4 is 16.6 Å². The molecule has 0 unspecified atom stereocenters. The predicted molar refractivity (Wildman–Crippen MR) is 74.9 cm³/mol. The number of rotatable bonds is 5. The number of aromatic nitrogens is 4. The van der Waals surface area contributed by atoms with Crippen LogP contribution in [0.25, 0.3) is 10.9 Å². The number of nitrogens with one attached hydrogen (secondary N) is 1. The molecule has 3 aromatic rings. The van der Waals surface area contributed by atoms with Crippen molar-refractivity contribution in [1.29, 1.82) is 0 Å². The molecule has 96 valence electrons. The van der Waals surface area contributed by atoms with Crippen LogP contribution in [0.2, 0.25) is 0 Å². The van der Waals surface area contributed by atoms with Crippen LogP contribution >= 0.6 is 0 Å². The summed E-state index contributed by atoms with van der Waals surface area (Å²) < 4.78 is 2.07. The maximum atomic E-state index is 4.39. The van der Waals surface area contributed by atoms with Crippen molar-refractivity contribution < 1.29 is 0 Å². The Labute approximate surface area is 111 Å². The minimum Gasteiger partial charge on any atom is -0.382 e. The van der Waals surface area contributed by atoms with Crippen molar-refractivity contribution in [3.05, 3.63) is 49.4 Å². The van der Waals surface area contributed by atoms with Crippen molar-refractivity contribution in [2.24, 2.45) is 0 Å². The summed E-state index contributed by atoms with van der Waals surface area (Å²) in [5, 5.41) is 4.45. The van der Waals surface area contributed by atoms with Crippen molar-refractivity contribution in [2.75, 3.05) is 11.9 Å². The lowest BCUT2D eigenvalue weighted by molar-refractivity contribution is 0.661. The first-order chi connectivity index (χ1) is 9.43. The molecular formula is C14H15N5. The number of imidazole rings is 1. The fourth-order valence-electron chi connectivity index (χ4n) is 2.03. The van der Waals surface area contributed by atoms with Gasteiger partial charge in [-0.05, 0) is 18.6 Å². The van der Waals surface area contributed by atoms with E-state index in [1.807, 2.05) is 37.1 Å². The molecule has 0 aliphatic heterocycles. The van der Waals surface area contributed by atoms with Crippen LogP contribution in [0.15, 0.2) is 49.4 Å². The zero-order chi connectivity index (χ0) is 12.9. The van der Waals surface area contributed by atoms with Gasteiger partial charge in [-0.1, -0.05) is 0 Å². The average Bonchev–Trinajstić information content (AvgIpc) is 2.97. The zero-order valence-electron chi connectivity index (χ0n) is 10.5. The molecule has 3 aromatic heterocycles. The molecule has 19 heavy (non-hydrogen) atoms. The Morgan fingerprint density at radius 2 is 2.16 bits per heavy atom. The highest BCUT2D eigenvalue weighted by Crippen LogP contribution is 2.18. The van der Waals surface area contributed by atoms with Crippen molar-refractivity contribution in [3.8, 4) is 0 Å². The third-order valence-electron chi connectivity index (χ3n) is 2.98. The quantitative estimate of drug-likeness (QED) is 0.709. The summed E-state index contributed by atoms with van der Waals surface area (Å²) in [5.41, 5.74) is 1.96. The number of anilines is 1. The summed E-state index contributed by atoms with van der Waals surface area (Å²) in [7, 11) is 0. The first kappa shape index (κ1) is 11.6. The lowest BCUT2D eigenvalue weighted by Crippen LogP contribution is -2.06. The SMILES string of the molecule is c1cnc2c(NCCCn3ccnc3)cncc2c1. The van der Waals surface area contributed by atoms with E-state index in [1.165, 1.54) is 0 Å². The van der Waals surface area contributed by atoms with Crippen LogP contribution in [0, 0.1) is 0 Å². The minimum absolute atomic E-state index is 0.884. The van der Waals surface area contributed by atoms with Gasteiger partial charge in [-0.15, -0.1) is 0 Å². The van der Waals surface area contributed by atoms with E-state index in [-0.39, 0.29) is 0 Å². The van der Waals surface area contributed by atoms with Gasteiger partial charge in [0, 0.05) is 43.3 Å². The Bertz CT molecular complexity index is 643. The van der Waals surface area contributed by atoms with Gasteiger partial charge in [-0.2, -0.15) is 0 Å². The van der Waals surface area contributed by atoms with E-state index < -0.39 is 0 Å². The third kappa shape index (κ3) is 2.70. The van der Waals surface area contributed by atoms with Gasteiger partial charge in [0.05, 0.1) is 23.7 Å². The summed E-state index contributed by atoms with van der Waals surface area (Å²) >= 11 is 0. The topological polar surface area (TPSA) is 55.6 Å². The largest absolute Gasteiger partial charge is 0.382 e. The highest BCUT2D eigenvalue weighted by atomic mass is 15.0. The Morgan fingerprint density at radius 3 is 3.05 bits per heavy atom. The monoisotopic (exact) mass is 253 g/mol. The second-order valence-electron chi connectivity index (χ2n) is 4.34. The summed E-state index contributed by atoms with van der Waals surface area (Å²) in [6.07, 6.45) is 12.1. The van der Waals surface area contributed by atoms with Crippen LogP contribution in [0.4, 0.5) is 5.69 Å². The second kappa shape index (κ2) is 5.48. The van der Waals surface area contributed by atoms with Gasteiger partial charge in [-0.3, -0.25) is 9.97 Å². The summed E-state index contributed by atoms with van der Waals surface area (Å²) in [4.78, 5) is 12.6. The van der Waals surface area contributed by atoms with Crippen molar-refractivity contribution in [1.82, 2.24) is 19.5 Å². The molecule has 0 spiro atoms. The van der Waals surface area contributed by atoms with Crippen LogP contribution in [-0.4, -0.2) is 26.1 Å². The standard InChI is InChI=1S/C14H15N5/c1-3-12-9-16-10-13(14(12)18-4-1)17-5-2-7-19-8-6-15-11-19/h1,3-4,6,8-11,17H,2,5,7H2. The fourth-order valence-corrected chi connectivity index (χ4v) is 2.03. The van der Waals surface area contributed by atoms with Gasteiger partial charge in [0.25, 0.3) is 0 Å². The lowest BCUT2D eigenvalue weighted by Gasteiger charge is -2.08. The van der Waals surface area contributed by atoms with E-state index in [0.717, 1.165) is 36.1 Å². The molecule has 0 fully saturated rings. The highest BCUT2D eigenvalue weighted by molar-refractivity contribution is 5.88. The van der Waals surface area contributed by atoms with E-state index in [0.29, 0.717) is 0 Å². The highest BCUT2D eigenvalue weighted by Gasteiger charge is 2.01. The normalized spacial score (nSPS) is 10.7. The van der Waals surface area contributed by atoms with E-state index in [9.17, 15) is 0 Å². The van der Waals surface area contributed by atoms with Gasteiger partial charge in [0.2, 0.25) is 0 Å². The van der Waals surface area contributed by atoms with Crippen LogP contribution in [0.1, 0.15) is 6.42 Å². The van der Waals surface area contributed by atoms with Crippen molar-refractivity contribution in [2.45, 2.75) is 13.0 Å². The molecule has 3 rings (SSSR count). The molecule has 0 aliphatic rings. The molecule has 0 aromatic carbocycles. The number of fused-ring (bicyclic) bond motifs is 1. The van der Waals surface area contributed by atoms with Crippen LogP contribution in [-0.2, 0) is 6.54 Å². The molecule has 0 atom stereocenters. The summed E-state index contributed by atoms with van der Waals surface area (Å²) in [6, 6.07) is 3.94. The minimum atomic E-state index is 0.884. The summed E-state index contributed by atoms with van der Waals surface area (Å²) in [5.74, 6) is 0. The number of hydrogen-bond acceptors (Lipinski definition) is 4. The molecule has 5 heteroatoms. The summed E-state index contributed by atoms with van der Waals surface area (Å²) in [6.45, 7) is 1.84. The van der Waals surface area contributed by atoms with Gasteiger partial charge >= 0.3 is 0 Å². The number of hydrogen-bond donors (Lipinski definition) is 1. The van der Waals surface area contributed by atoms with Crippen LogP contribution < -0.4 is 5.32 Å². The van der Waals surface area contributed by atoms with E-state index in [4.69, 9.17) is 0 Å². The molecule has 0 radical (unpaired) electrons. The maximum absolute atomic E-state index is 4.39. The Kier molecular flexibility index (Phi) is 3.36. The van der Waals surface area contributed by atoms with E-state index in [2.05, 4.69) is 24.8 Å². The third-order valence-corrected chi connectivity index (χ3v) is 2.98. The molecule has 1 N–H and O–H groups in total. The van der Waals surface area contributed by atoms with E-state index in [1.54, 1.807) is 12.4 Å². The van der Waals surface area contributed by atoms with Crippen LogP contribution in [0.5, 0.6) is 0 Å². The fraction of sp³-hybridized carbons (Fsp3) is 0.214. The molecule has 0 amide bonds.